The van der Waals surface area contributed by atoms with Gasteiger partial charge >= 0.3 is 5.97 Å². The van der Waals surface area contributed by atoms with Crippen LogP contribution in [-0.2, 0) is 4.79 Å². The minimum absolute atomic E-state index is 0.305. The maximum atomic E-state index is 10.3. The van der Waals surface area contributed by atoms with E-state index in [2.05, 4.69) is 0 Å². The molecule has 0 aliphatic rings. The minimum Gasteiger partial charge on any atom is -0.481 e. The van der Waals surface area contributed by atoms with Crippen LogP contribution in [0.4, 0.5) is 0 Å². The van der Waals surface area contributed by atoms with Crippen molar-refractivity contribution < 1.29 is 12.6 Å². The van der Waals surface area contributed by atoms with Crippen LogP contribution in [0.5, 0.6) is 0 Å². The molecule has 0 aliphatic heterocycles. The number of carbonyl (C=O) groups is 1. The van der Waals surface area contributed by atoms with Gasteiger partial charge in [0, 0.05) is 9.16 Å². The topological polar surface area (TPSA) is 37.3 Å². The third kappa shape index (κ3) is 15.5. The molecule has 2 nitrogen and oxygen atoms in total. The van der Waals surface area contributed by atoms with Crippen molar-refractivity contribution in [1.29, 1.82) is 0 Å². The first kappa shape index (κ1) is 13.9. The van der Waals surface area contributed by atoms with Crippen molar-refractivity contribution >= 4 is 5.97 Å². The predicted molar refractivity (Wildman–Crippen MR) is 77.9 cm³/mol. The van der Waals surface area contributed by atoms with Crippen LogP contribution in [0.25, 0.3) is 0 Å². The van der Waals surface area contributed by atoms with Crippen molar-refractivity contribution in [3.05, 3.63) is 0 Å². The van der Waals surface area contributed by atoms with Gasteiger partial charge in [0.2, 0.25) is 0 Å². The minimum atomic E-state index is -0.959. The summed E-state index contributed by atoms with van der Waals surface area (Å²) in [5.74, 6) is -0.687. The molecule has 2 heteroatoms. The van der Waals surface area contributed by atoms with Crippen LogP contribution in [0.3, 0.4) is 0 Å². The summed E-state index contributed by atoms with van der Waals surface area (Å²) in [6.45, 7) is 2.04. The Labute approximate surface area is 116 Å². The lowest BCUT2D eigenvalue weighted by Crippen LogP contribution is -1.93. The van der Waals surface area contributed by atoms with Gasteiger partial charge in [0.25, 0.3) is 0 Å². The molecule has 0 unspecified atom stereocenters. The summed E-state index contributed by atoms with van der Waals surface area (Å²) >= 11 is 0. The molecule has 0 aliphatic carbocycles. The molecule has 0 atom stereocenters. The zero-order valence-corrected chi connectivity index (χ0v) is 12.0. The second kappa shape index (κ2) is 14.5. The standard InChI is InChI=1S/C16H32O2/c1-2-3-4-5-6-7-8-9-10-11-12-13-14-15-16(17)18/h2-15H2,1H3,(H,17,18)/i4D2. The predicted octanol–water partition coefficient (Wildman–Crippen LogP) is 5.55. The van der Waals surface area contributed by atoms with Crippen LogP contribution < -0.4 is 0 Å². The van der Waals surface area contributed by atoms with Gasteiger partial charge < -0.3 is 5.11 Å². The number of rotatable bonds is 14. The van der Waals surface area contributed by atoms with Crippen LogP contribution in [0, 0.1) is 0 Å². The Balaban J connectivity index is 3.19. The van der Waals surface area contributed by atoms with Crippen molar-refractivity contribution in [2.24, 2.45) is 0 Å². The molecular weight excluding hydrogens is 224 g/mol. The van der Waals surface area contributed by atoms with Gasteiger partial charge in [0.15, 0.2) is 0 Å². The van der Waals surface area contributed by atoms with Gasteiger partial charge in [-0.15, -0.1) is 0 Å². The summed E-state index contributed by atoms with van der Waals surface area (Å²) < 4.78 is 15.6. The normalized spacial score (nSPS) is 13.2. The Bertz CT molecular complexity index is 243. The molecule has 0 fully saturated rings. The maximum absolute atomic E-state index is 10.3. The summed E-state index contributed by atoms with van der Waals surface area (Å²) in [4.78, 5) is 10.3. The highest BCUT2D eigenvalue weighted by Crippen LogP contribution is 2.12. The summed E-state index contributed by atoms with van der Waals surface area (Å²) in [6.07, 6.45) is 11.7. The number of carboxylic acid groups (broad SMARTS) is 1. The molecule has 0 bridgehead atoms. The zero-order chi connectivity index (χ0) is 15.3. The fourth-order valence-corrected chi connectivity index (χ4v) is 2.07. The van der Waals surface area contributed by atoms with Gasteiger partial charge in [-0.2, -0.15) is 0 Å². The van der Waals surface area contributed by atoms with Crippen molar-refractivity contribution in [1.82, 2.24) is 0 Å². The fraction of sp³-hybridized carbons (Fsp3) is 0.938. The van der Waals surface area contributed by atoms with Crippen molar-refractivity contribution in [3.8, 4) is 0 Å². The molecule has 0 saturated heterocycles. The van der Waals surface area contributed by atoms with E-state index in [-0.39, 0.29) is 0 Å². The Morgan fingerprint density at radius 1 is 0.833 bits per heavy atom. The van der Waals surface area contributed by atoms with Crippen LogP contribution in [-0.4, -0.2) is 11.1 Å². The molecule has 0 amide bonds. The third-order valence-corrected chi connectivity index (χ3v) is 3.17. The van der Waals surface area contributed by atoms with Gasteiger partial charge in [-0.25, -0.2) is 0 Å². The van der Waals surface area contributed by atoms with Gasteiger partial charge in [-0.1, -0.05) is 83.9 Å². The quantitative estimate of drug-likeness (QED) is 0.415. The molecular formula is C16H32O2. The van der Waals surface area contributed by atoms with Crippen LogP contribution in [0.2, 0.25) is 0 Å². The SMILES string of the molecule is [2H]C([2H])(CCC)CCCCCCCCCCCC(=O)O. The second-order valence-corrected chi connectivity index (χ2v) is 5.08. The first-order valence-electron chi connectivity index (χ1n) is 8.70. The molecule has 0 aromatic rings. The van der Waals surface area contributed by atoms with Gasteiger partial charge in [0.1, 0.15) is 0 Å². The number of carboxylic acids is 1. The van der Waals surface area contributed by atoms with Gasteiger partial charge in [0.05, 0.1) is 0 Å². The molecule has 0 heterocycles. The van der Waals surface area contributed by atoms with E-state index in [4.69, 9.17) is 7.85 Å². The Morgan fingerprint density at radius 3 is 1.72 bits per heavy atom. The zero-order valence-electron chi connectivity index (χ0n) is 14.0. The van der Waals surface area contributed by atoms with Crippen LogP contribution >= 0.6 is 0 Å². The van der Waals surface area contributed by atoms with E-state index in [1.165, 1.54) is 25.7 Å². The van der Waals surface area contributed by atoms with Crippen molar-refractivity contribution in [2.75, 3.05) is 0 Å². The smallest absolute Gasteiger partial charge is 0.303 e. The largest absolute Gasteiger partial charge is 0.481 e. The lowest BCUT2D eigenvalue weighted by atomic mass is 10.0. The number of aliphatic carboxylic acids is 1. The summed E-state index contributed by atoms with van der Waals surface area (Å²) in [7, 11) is 0. The Kier molecular flexibility index (Phi) is 11.2. The number of hydrogen-bond donors (Lipinski definition) is 1. The molecule has 18 heavy (non-hydrogen) atoms. The van der Waals surface area contributed by atoms with E-state index in [0.717, 1.165) is 38.5 Å². The lowest BCUT2D eigenvalue weighted by molar-refractivity contribution is -0.137. The van der Waals surface area contributed by atoms with E-state index in [1.807, 2.05) is 6.92 Å². The average Bonchev–Trinajstić information content (AvgIpc) is 2.35. The van der Waals surface area contributed by atoms with E-state index in [0.29, 0.717) is 19.3 Å². The van der Waals surface area contributed by atoms with Crippen LogP contribution in [0.1, 0.15) is 99.5 Å². The van der Waals surface area contributed by atoms with Gasteiger partial charge in [-0.3, -0.25) is 4.79 Å². The Morgan fingerprint density at radius 2 is 1.28 bits per heavy atom. The van der Waals surface area contributed by atoms with E-state index >= 15 is 0 Å². The lowest BCUT2D eigenvalue weighted by Gasteiger charge is -2.02. The average molecular weight is 258 g/mol. The number of unbranched alkanes of at least 4 members (excludes halogenated alkanes) is 8. The summed E-state index contributed by atoms with van der Waals surface area (Å²) in [5, 5.41) is 8.50. The molecule has 1 N–H and O–H groups in total. The first-order valence-corrected chi connectivity index (χ1v) is 7.70. The summed E-state index contributed by atoms with van der Waals surface area (Å²) in [5.41, 5.74) is 0. The maximum Gasteiger partial charge on any atom is 0.303 e. The highest BCUT2D eigenvalue weighted by atomic mass is 16.4. The van der Waals surface area contributed by atoms with E-state index in [1.54, 1.807) is 0 Å². The van der Waals surface area contributed by atoms with E-state index in [9.17, 15) is 4.79 Å². The number of hydrogen-bond acceptors (Lipinski definition) is 1. The first-order chi connectivity index (χ1) is 9.48. The molecule has 0 aromatic carbocycles. The molecule has 0 aromatic heterocycles. The second-order valence-electron chi connectivity index (χ2n) is 5.08. The Hall–Kier alpha value is -0.530. The van der Waals surface area contributed by atoms with Crippen molar-refractivity contribution in [3.63, 3.8) is 0 Å². The van der Waals surface area contributed by atoms with E-state index < -0.39 is 12.3 Å². The summed E-state index contributed by atoms with van der Waals surface area (Å²) in [6, 6.07) is 0. The fourth-order valence-electron chi connectivity index (χ4n) is 2.07. The monoisotopic (exact) mass is 258 g/mol. The highest BCUT2D eigenvalue weighted by Gasteiger charge is 1.96. The molecule has 108 valence electrons. The third-order valence-electron chi connectivity index (χ3n) is 3.17. The molecule has 0 spiro atoms. The highest BCUT2D eigenvalue weighted by molar-refractivity contribution is 5.66. The molecule has 0 saturated carbocycles. The molecule has 0 rings (SSSR count). The van der Waals surface area contributed by atoms with Crippen LogP contribution in [0.15, 0.2) is 0 Å². The van der Waals surface area contributed by atoms with Gasteiger partial charge in [-0.05, 0) is 6.42 Å². The van der Waals surface area contributed by atoms with Crippen molar-refractivity contribution in [2.45, 2.75) is 96.8 Å². The molecule has 0 radical (unpaired) electrons.